The first-order chi connectivity index (χ1) is 15.0. The van der Waals surface area contributed by atoms with Crippen LogP contribution < -0.4 is 10.6 Å². The molecule has 1 aliphatic heterocycles. The molecule has 1 aromatic carbocycles. The summed E-state index contributed by atoms with van der Waals surface area (Å²) in [5.74, 6) is 1.94. The van der Waals surface area contributed by atoms with E-state index in [4.69, 9.17) is 4.74 Å². The van der Waals surface area contributed by atoms with Crippen LogP contribution in [0.5, 0.6) is 0 Å². The molecule has 172 valence electrons. The number of rotatable bonds is 9. The second-order valence-corrected chi connectivity index (χ2v) is 11.1. The Balaban J connectivity index is 1.51. The number of nitrogens with zero attached hydrogens (tertiary/aromatic N) is 1. The Morgan fingerprint density at radius 1 is 1.16 bits per heavy atom. The summed E-state index contributed by atoms with van der Waals surface area (Å²) in [6, 6.07) is 5.01. The van der Waals surface area contributed by atoms with Gasteiger partial charge in [0.2, 0.25) is 15.9 Å². The van der Waals surface area contributed by atoms with E-state index in [2.05, 4.69) is 17.6 Å². The predicted octanol–water partition coefficient (Wildman–Crippen LogP) is 3.68. The van der Waals surface area contributed by atoms with Crippen molar-refractivity contribution < 1.29 is 17.9 Å². The minimum absolute atomic E-state index is 0.0167. The van der Waals surface area contributed by atoms with E-state index < -0.39 is 10.0 Å². The zero-order chi connectivity index (χ0) is 21.8. The Kier molecular flexibility index (Phi) is 7.19. The van der Waals surface area contributed by atoms with Crippen LogP contribution in [0.1, 0.15) is 51.9 Å². The fourth-order valence-electron chi connectivity index (χ4n) is 5.34. The average molecular weight is 450 g/mol. The highest BCUT2D eigenvalue weighted by molar-refractivity contribution is 7.89. The maximum atomic E-state index is 13.1. The minimum atomic E-state index is -3.62. The van der Waals surface area contributed by atoms with Crippen molar-refractivity contribution in [1.29, 1.82) is 0 Å². The number of carbonyl (C=O) groups excluding carboxylic acids is 1. The number of ether oxygens (including phenoxy) is 1. The molecule has 1 aromatic rings. The zero-order valence-electron chi connectivity index (χ0n) is 18.4. The SMILES string of the molecule is CCCCNc1ccc(S(=O)(=O)N2CCOCC2)cc1NC(=O)C[C@@H]1C[C@H]2CC[C@H]1C2. The first-order valence-corrected chi connectivity index (χ1v) is 13.2. The number of hydrogen-bond donors (Lipinski definition) is 2. The first-order valence-electron chi connectivity index (χ1n) is 11.7. The van der Waals surface area contributed by atoms with Gasteiger partial charge in [-0.2, -0.15) is 4.31 Å². The fourth-order valence-corrected chi connectivity index (χ4v) is 6.78. The Bertz CT molecular complexity index is 883. The van der Waals surface area contributed by atoms with Crippen molar-refractivity contribution in [2.45, 2.75) is 56.8 Å². The Hall–Kier alpha value is -1.64. The van der Waals surface area contributed by atoms with Crippen LogP contribution in [-0.2, 0) is 19.6 Å². The van der Waals surface area contributed by atoms with Crippen molar-refractivity contribution >= 4 is 27.3 Å². The predicted molar refractivity (Wildman–Crippen MR) is 122 cm³/mol. The van der Waals surface area contributed by atoms with Crippen LogP contribution in [-0.4, -0.2) is 51.5 Å². The van der Waals surface area contributed by atoms with Gasteiger partial charge in [0.1, 0.15) is 0 Å². The molecule has 7 nitrogen and oxygen atoms in total. The normalized spacial score (nSPS) is 26.2. The van der Waals surface area contributed by atoms with Crippen LogP contribution in [0.15, 0.2) is 23.1 Å². The third kappa shape index (κ3) is 5.23. The molecule has 0 spiro atoms. The maximum Gasteiger partial charge on any atom is 0.243 e. The molecular formula is C23H35N3O4S. The maximum absolute atomic E-state index is 13.1. The van der Waals surface area contributed by atoms with Crippen molar-refractivity contribution in [3.05, 3.63) is 18.2 Å². The van der Waals surface area contributed by atoms with E-state index >= 15 is 0 Å². The number of carbonyl (C=O) groups is 1. The molecule has 2 saturated carbocycles. The van der Waals surface area contributed by atoms with E-state index in [1.165, 1.54) is 23.6 Å². The summed E-state index contributed by atoms with van der Waals surface area (Å²) in [6.45, 7) is 4.42. The number of sulfonamides is 1. The molecule has 2 aliphatic carbocycles. The number of unbranched alkanes of at least 4 members (excludes halogenated alkanes) is 1. The van der Waals surface area contributed by atoms with Crippen LogP contribution in [0.2, 0.25) is 0 Å². The summed E-state index contributed by atoms with van der Waals surface area (Å²) in [7, 11) is -3.62. The molecule has 0 aromatic heterocycles. The molecule has 1 amide bonds. The molecule has 3 aliphatic rings. The summed E-state index contributed by atoms with van der Waals surface area (Å²) in [5, 5.41) is 6.39. The lowest BCUT2D eigenvalue weighted by atomic mass is 9.86. The van der Waals surface area contributed by atoms with Gasteiger partial charge in [-0.3, -0.25) is 4.79 Å². The van der Waals surface area contributed by atoms with Crippen LogP contribution in [0.3, 0.4) is 0 Å². The molecular weight excluding hydrogens is 414 g/mol. The third-order valence-corrected chi connectivity index (χ3v) is 8.95. The van der Waals surface area contributed by atoms with Crippen molar-refractivity contribution in [2.24, 2.45) is 17.8 Å². The van der Waals surface area contributed by atoms with Gasteiger partial charge < -0.3 is 15.4 Å². The zero-order valence-corrected chi connectivity index (χ0v) is 19.3. The van der Waals surface area contributed by atoms with E-state index in [0.29, 0.717) is 50.2 Å². The number of fused-ring (bicyclic) bond motifs is 2. The highest BCUT2D eigenvalue weighted by atomic mass is 32.2. The average Bonchev–Trinajstić information content (AvgIpc) is 3.38. The topological polar surface area (TPSA) is 87.7 Å². The Morgan fingerprint density at radius 3 is 2.65 bits per heavy atom. The summed E-state index contributed by atoms with van der Waals surface area (Å²) in [5.41, 5.74) is 1.33. The van der Waals surface area contributed by atoms with Gasteiger partial charge in [0, 0.05) is 26.1 Å². The van der Waals surface area contributed by atoms with E-state index in [0.717, 1.165) is 37.4 Å². The minimum Gasteiger partial charge on any atom is -0.383 e. The van der Waals surface area contributed by atoms with Gasteiger partial charge in [-0.15, -0.1) is 0 Å². The molecule has 1 saturated heterocycles. The van der Waals surface area contributed by atoms with E-state index in [-0.39, 0.29) is 10.8 Å². The van der Waals surface area contributed by atoms with Crippen molar-refractivity contribution in [1.82, 2.24) is 4.31 Å². The van der Waals surface area contributed by atoms with Gasteiger partial charge >= 0.3 is 0 Å². The molecule has 2 N–H and O–H groups in total. The van der Waals surface area contributed by atoms with Gasteiger partial charge in [0.25, 0.3) is 0 Å². The van der Waals surface area contributed by atoms with E-state index in [9.17, 15) is 13.2 Å². The highest BCUT2D eigenvalue weighted by Gasteiger charge is 2.40. The van der Waals surface area contributed by atoms with E-state index in [1.807, 2.05) is 0 Å². The summed E-state index contributed by atoms with van der Waals surface area (Å²) in [4.78, 5) is 13.1. The molecule has 31 heavy (non-hydrogen) atoms. The molecule has 4 rings (SSSR count). The summed E-state index contributed by atoms with van der Waals surface area (Å²) >= 11 is 0. The quantitative estimate of drug-likeness (QED) is 0.562. The smallest absolute Gasteiger partial charge is 0.243 e. The monoisotopic (exact) mass is 449 g/mol. The van der Waals surface area contributed by atoms with Gasteiger partial charge in [-0.1, -0.05) is 19.8 Å². The van der Waals surface area contributed by atoms with Gasteiger partial charge in [0.05, 0.1) is 29.5 Å². The van der Waals surface area contributed by atoms with Gasteiger partial charge in [-0.05, 0) is 61.6 Å². The number of anilines is 2. The Labute approximate surface area is 186 Å². The largest absolute Gasteiger partial charge is 0.383 e. The first kappa shape index (κ1) is 22.6. The van der Waals surface area contributed by atoms with Crippen LogP contribution in [0, 0.1) is 17.8 Å². The molecule has 3 fully saturated rings. The number of hydrogen-bond acceptors (Lipinski definition) is 5. The van der Waals surface area contributed by atoms with Gasteiger partial charge in [0.15, 0.2) is 0 Å². The van der Waals surface area contributed by atoms with Crippen molar-refractivity contribution in [3.8, 4) is 0 Å². The van der Waals surface area contributed by atoms with Gasteiger partial charge in [-0.25, -0.2) is 8.42 Å². The molecule has 1 heterocycles. The van der Waals surface area contributed by atoms with Crippen LogP contribution in [0.25, 0.3) is 0 Å². The lowest BCUT2D eigenvalue weighted by Gasteiger charge is -2.26. The highest BCUT2D eigenvalue weighted by Crippen LogP contribution is 2.49. The number of nitrogens with one attached hydrogen (secondary N) is 2. The van der Waals surface area contributed by atoms with Crippen LogP contribution >= 0.6 is 0 Å². The number of benzene rings is 1. The van der Waals surface area contributed by atoms with Crippen molar-refractivity contribution in [2.75, 3.05) is 43.5 Å². The molecule has 2 bridgehead atoms. The van der Waals surface area contributed by atoms with Crippen molar-refractivity contribution in [3.63, 3.8) is 0 Å². The summed E-state index contributed by atoms with van der Waals surface area (Å²) < 4.78 is 32.9. The summed E-state index contributed by atoms with van der Waals surface area (Å²) in [6.07, 6.45) is 7.58. The number of amides is 1. The third-order valence-electron chi connectivity index (χ3n) is 7.05. The molecule has 3 atom stereocenters. The van der Waals surface area contributed by atoms with E-state index in [1.54, 1.807) is 18.2 Å². The molecule has 8 heteroatoms. The lowest BCUT2D eigenvalue weighted by molar-refractivity contribution is -0.117. The van der Waals surface area contributed by atoms with Crippen LogP contribution in [0.4, 0.5) is 11.4 Å². The standard InChI is InChI=1S/C23H35N3O4S/c1-2-3-8-24-21-7-6-20(31(28,29)26-9-11-30-12-10-26)16-22(21)25-23(27)15-19-14-17-4-5-18(19)13-17/h6-7,16-19,24H,2-5,8-15H2,1H3,(H,25,27)/t17-,18-,19-/m0/s1. The second kappa shape index (κ2) is 9.88. The second-order valence-electron chi connectivity index (χ2n) is 9.19. The molecule has 0 unspecified atom stereocenters. The number of morpholine rings is 1. The Morgan fingerprint density at radius 2 is 1.97 bits per heavy atom. The fraction of sp³-hybridized carbons (Fsp3) is 0.696. The lowest BCUT2D eigenvalue weighted by Crippen LogP contribution is -2.40. The molecule has 0 radical (unpaired) electrons.